The van der Waals surface area contributed by atoms with Crippen molar-refractivity contribution in [2.45, 2.75) is 58.2 Å². The van der Waals surface area contributed by atoms with Crippen molar-refractivity contribution in [1.82, 2.24) is 0 Å². The van der Waals surface area contributed by atoms with Gasteiger partial charge in [0.1, 0.15) is 5.75 Å². The van der Waals surface area contributed by atoms with E-state index in [1.54, 1.807) is 0 Å². The van der Waals surface area contributed by atoms with Crippen LogP contribution in [0.4, 0.5) is 0 Å². The molecule has 0 amide bonds. The summed E-state index contributed by atoms with van der Waals surface area (Å²) in [6.45, 7) is 13.6. The predicted octanol–water partition coefficient (Wildman–Crippen LogP) is 5.11. The second kappa shape index (κ2) is 6.25. The number of hydrogen-bond donors (Lipinski definition) is 0. The van der Waals surface area contributed by atoms with E-state index in [9.17, 15) is 0 Å². The number of nitrogens with zero attached hydrogens (tertiary/aromatic N) is 1. The number of rotatable bonds is 5. The van der Waals surface area contributed by atoms with Gasteiger partial charge >= 0.3 is 0 Å². The Morgan fingerprint density at radius 1 is 0.895 bits per heavy atom. The van der Waals surface area contributed by atoms with Gasteiger partial charge in [0.2, 0.25) is 0 Å². The van der Waals surface area contributed by atoms with Gasteiger partial charge in [0, 0.05) is 0 Å². The van der Waals surface area contributed by atoms with Crippen LogP contribution in [0.25, 0.3) is 0 Å². The summed E-state index contributed by atoms with van der Waals surface area (Å²) in [4.78, 5) is 0. The molecule has 0 fully saturated rings. The zero-order valence-electron chi connectivity index (χ0n) is 12.9. The smallest absolute Gasteiger partial charge is 0.258 e. The summed E-state index contributed by atoms with van der Waals surface area (Å²) in [5, 5.41) is 8.84. The Morgan fingerprint density at radius 2 is 1.32 bits per heavy atom. The van der Waals surface area contributed by atoms with Crippen molar-refractivity contribution >= 4 is 8.32 Å². The molecule has 0 bridgehead atoms. The normalized spacial score (nSPS) is 12.0. The summed E-state index contributed by atoms with van der Waals surface area (Å²) in [6.07, 6.45) is 0. The molecule has 1 aromatic carbocycles. The van der Waals surface area contributed by atoms with Crippen molar-refractivity contribution in [3.8, 4) is 11.8 Å². The molecule has 0 atom stereocenters. The van der Waals surface area contributed by atoms with E-state index >= 15 is 0 Å². The predicted molar refractivity (Wildman–Crippen MR) is 82.8 cm³/mol. The minimum absolute atomic E-state index is 0.558. The second-order valence-corrected chi connectivity index (χ2v) is 11.4. The Morgan fingerprint density at radius 3 is 1.63 bits per heavy atom. The highest BCUT2D eigenvalue weighted by Crippen LogP contribution is 2.42. The van der Waals surface area contributed by atoms with Gasteiger partial charge in [-0.3, -0.25) is 0 Å². The van der Waals surface area contributed by atoms with Crippen molar-refractivity contribution < 1.29 is 4.43 Å². The first kappa shape index (κ1) is 15.8. The van der Waals surface area contributed by atoms with Crippen molar-refractivity contribution in [3.63, 3.8) is 0 Å². The number of nitriles is 1. The molecule has 0 aliphatic heterocycles. The first-order valence-electron chi connectivity index (χ1n) is 7.03. The minimum Gasteiger partial charge on any atom is -0.543 e. The van der Waals surface area contributed by atoms with Gasteiger partial charge in [-0.25, -0.2) is 0 Å². The van der Waals surface area contributed by atoms with E-state index in [4.69, 9.17) is 9.69 Å². The van der Waals surface area contributed by atoms with Crippen LogP contribution >= 0.6 is 0 Å². The third-order valence-corrected chi connectivity index (χ3v) is 9.99. The maximum Gasteiger partial charge on any atom is 0.258 e. The zero-order valence-corrected chi connectivity index (χ0v) is 13.9. The maximum atomic E-state index is 8.84. The largest absolute Gasteiger partial charge is 0.543 e. The molecule has 3 heteroatoms. The second-order valence-electron chi connectivity index (χ2n) is 6.06. The van der Waals surface area contributed by atoms with Crippen molar-refractivity contribution in [2.75, 3.05) is 0 Å². The van der Waals surface area contributed by atoms with Gasteiger partial charge in [-0.05, 0) is 40.9 Å². The highest BCUT2D eigenvalue weighted by molar-refractivity contribution is 6.78. The van der Waals surface area contributed by atoms with Crippen LogP contribution in [0.1, 0.15) is 47.1 Å². The number of benzene rings is 1. The molecule has 0 aliphatic carbocycles. The van der Waals surface area contributed by atoms with Crippen molar-refractivity contribution in [3.05, 3.63) is 29.8 Å². The lowest BCUT2D eigenvalue weighted by molar-refractivity contribution is 0.480. The highest BCUT2D eigenvalue weighted by Gasteiger charge is 2.46. The van der Waals surface area contributed by atoms with E-state index in [0.29, 0.717) is 22.2 Å². The van der Waals surface area contributed by atoms with Crippen molar-refractivity contribution in [1.29, 1.82) is 5.26 Å². The molecule has 19 heavy (non-hydrogen) atoms. The SMILES string of the molecule is CC(C)[Si](Oc1ccc(C#N)cc1)(C(C)C)C(C)C. The Labute approximate surface area is 118 Å². The first-order valence-corrected chi connectivity index (χ1v) is 9.17. The summed E-state index contributed by atoms with van der Waals surface area (Å²) in [7, 11) is -1.88. The monoisotopic (exact) mass is 275 g/mol. The average molecular weight is 275 g/mol. The molecule has 1 aromatic rings. The molecule has 1 rings (SSSR count). The van der Waals surface area contributed by atoms with Crippen LogP contribution in [0.5, 0.6) is 5.75 Å². The Kier molecular flexibility index (Phi) is 5.19. The molecule has 0 saturated heterocycles. The first-order chi connectivity index (χ1) is 8.84. The lowest BCUT2D eigenvalue weighted by atomic mass is 10.2. The van der Waals surface area contributed by atoms with Gasteiger partial charge in [0.15, 0.2) is 0 Å². The van der Waals surface area contributed by atoms with Crippen LogP contribution in [-0.4, -0.2) is 8.32 Å². The third kappa shape index (κ3) is 3.19. The van der Waals surface area contributed by atoms with Gasteiger partial charge in [0.05, 0.1) is 11.6 Å². The van der Waals surface area contributed by atoms with Crippen LogP contribution in [0, 0.1) is 11.3 Å². The molecular formula is C16H25NOSi. The molecule has 0 radical (unpaired) electrons. The van der Waals surface area contributed by atoms with Crippen LogP contribution < -0.4 is 4.43 Å². The zero-order chi connectivity index (χ0) is 14.6. The molecule has 0 heterocycles. The molecule has 0 spiro atoms. The van der Waals surface area contributed by atoms with Crippen LogP contribution in [-0.2, 0) is 0 Å². The van der Waals surface area contributed by atoms with Crippen LogP contribution in [0.15, 0.2) is 24.3 Å². The standard InChI is InChI=1S/C16H25NOSi/c1-12(2)19(13(3)4,14(5)6)18-16-9-7-15(11-17)8-10-16/h7-10,12-14H,1-6H3. The van der Waals surface area contributed by atoms with Gasteiger partial charge in [-0.2, -0.15) is 5.26 Å². The highest BCUT2D eigenvalue weighted by atomic mass is 28.4. The van der Waals surface area contributed by atoms with E-state index in [1.165, 1.54) is 0 Å². The molecule has 0 aliphatic rings. The third-order valence-electron chi connectivity index (χ3n) is 3.99. The van der Waals surface area contributed by atoms with Gasteiger partial charge < -0.3 is 4.43 Å². The molecular weight excluding hydrogens is 250 g/mol. The Balaban J connectivity index is 3.10. The van der Waals surface area contributed by atoms with E-state index in [2.05, 4.69) is 47.6 Å². The Bertz CT molecular complexity index is 421. The fourth-order valence-electron chi connectivity index (χ4n) is 3.16. The van der Waals surface area contributed by atoms with E-state index in [1.807, 2.05) is 24.3 Å². The molecule has 104 valence electrons. The lowest BCUT2D eigenvalue weighted by Crippen LogP contribution is -2.50. The fraction of sp³-hybridized carbons (Fsp3) is 0.562. The molecule has 2 nitrogen and oxygen atoms in total. The fourth-order valence-corrected chi connectivity index (χ4v) is 8.41. The van der Waals surface area contributed by atoms with E-state index in [-0.39, 0.29) is 0 Å². The van der Waals surface area contributed by atoms with Crippen molar-refractivity contribution in [2.24, 2.45) is 0 Å². The summed E-state index contributed by atoms with van der Waals surface area (Å²) in [5.41, 5.74) is 2.35. The van der Waals surface area contributed by atoms with E-state index < -0.39 is 8.32 Å². The maximum absolute atomic E-state index is 8.84. The summed E-state index contributed by atoms with van der Waals surface area (Å²) < 4.78 is 6.52. The molecule has 0 aromatic heterocycles. The quantitative estimate of drug-likeness (QED) is 0.699. The van der Waals surface area contributed by atoms with E-state index in [0.717, 1.165) is 5.75 Å². The lowest BCUT2D eigenvalue weighted by Gasteiger charge is -2.42. The average Bonchev–Trinajstić information content (AvgIpc) is 2.35. The molecule has 0 unspecified atom stereocenters. The van der Waals surface area contributed by atoms with Gasteiger partial charge in [-0.15, -0.1) is 0 Å². The summed E-state index contributed by atoms with van der Waals surface area (Å²) >= 11 is 0. The van der Waals surface area contributed by atoms with Crippen LogP contribution in [0.3, 0.4) is 0 Å². The topological polar surface area (TPSA) is 33.0 Å². The van der Waals surface area contributed by atoms with Gasteiger partial charge in [-0.1, -0.05) is 41.5 Å². The van der Waals surface area contributed by atoms with Gasteiger partial charge in [0.25, 0.3) is 8.32 Å². The summed E-state index contributed by atoms with van der Waals surface area (Å²) in [6, 6.07) is 9.65. The molecule has 0 saturated carbocycles. The minimum atomic E-state index is -1.88. The Hall–Kier alpha value is -1.27. The molecule has 0 N–H and O–H groups in total. The number of hydrogen-bond acceptors (Lipinski definition) is 2. The summed E-state index contributed by atoms with van der Waals surface area (Å²) in [5.74, 6) is 0.904. The van der Waals surface area contributed by atoms with Crippen LogP contribution in [0.2, 0.25) is 16.6 Å².